The molecule has 0 bridgehead atoms. The minimum absolute atomic E-state index is 0.0939. The second-order valence-electron chi connectivity index (χ2n) is 5.56. The maximum atomic E-state index is 9.95. The molecule has 1 aromatic rings. The molecule has 2 atom stereocenters. The Morgan fingerprint density at radius 3 is 2.79 bits per heavy atom. The number of nitrogens with one attached hydrogen (secondary N) is 1. The fourth-order valence-electron chi connectivity index (χ4n) is 2.70. The van der Waals surface area contributed by atoms with Crippen LogP contribution < -0.4 is 11.1 Å². The summed E-state index contributed by atoms with van der Waals surface area (Å²) >= 11 is 0. The maximum Gasteiger partial charge on any atom is 0.168 e. The van der Waals surface area contributed by atoms with Crippen LogP contribution >= 0.6 is 0 Å². The molecule has 4 N–H and O–H groups in total. The Morgan fingerprint density at radius 2 is 2.21 bits per heavy atom. The summed E-state index contributed by atoms with van der Waals surface area (Å²) < 4.78 is 1.63. The lowest BCUT2D eigenvalue weighted by Gasteiger charge is -2.16. The molecule has 2 saturated carbocycles. The average molecular weight is 261 g/mol. The molecule has 0 aliphatic heterocycles. The van der Waals surface area contributed by atoms with Crippen molar-refractivity contribution in [3.63, 3.8) is 0 Å². The summed E-state index contributed by atoms with van der Waals surface area (Å²) in [4.78, 5) is 0. The molecule has 0 spiro atoms. The van der Waals surface area contributed by atoms with Crippen molar-refractivity contribution in [1.82, 2.24) is 9.78 Å². The van der Waals surface area contributed by atoms with E-state index in [4.69, 9.17) is 5.73 Å². The minimum Gasteiger partial charge on any atom is -0.391 e. The maximum absolute atomic E-state index is 9.95. The van der Waals surface area contributed by atoms with E-state index in [0.717, 1.165) is 25.8 Å². The number of aromatic nitrogens is 2. The second kappa shape index (κ2) is 4.74. The van der Waals surface area contributed by atoms with Gasteiger partial charge in [0.25, 0.3) is 0 Å². The molecular formula is C13H19N5O. The minimum atomic E-state index is -0.412. The summed E-state index contributed by atoms with van der Waals surface area (Å²) in [5, 5.41) is 26.8. The van der Waals surface area contributed by atoms with E-state index < -0.39 is 6.10 Å². The number of anilines is 2. The van der Waals surface area contributed by atoms with Gasteiger partial charge in [0, 0.05) is 6.54 Å². The van der Waals surface area contributed by atoms with Crippen molar-refractivity contribution in [1.29, 1.82) is 5.26 Å². The second-order valence-corrected chi connectivity index (χ2v) is 5.56. The van der Waals surface area contributed by atoms with Gasteiger partial charge < -0.3 is 16.2 Å². The summed E-state index contributed by atoms with van der Waals surface area (Å²) in [6, 6.07) is 2.02. The van der Waals surface area contributed by atoms with E-state index in [1.165, 1.54) is 12.8 Å². The first-order valence-electron chi connectivity index (χ1n) is 6.90. The van der Waals surface area contributed by atoms with Gasteiger partial charge in [-0.3, -0.25) is 0 Å². The Kier molecular flexibility index (Phi) is 3.07. The predicted octanol–water partition coefficient (Wildman–Crippen LogP) is 1.24. The Bertz CT molecular complexity index is 514. The van der Waals surface area contributed by atoms with Gasteiger partial charge in [-0.05, 0) is 38.0 Å². The molecule has 2 unspecified atom stereocenters. The fraction of sp³-hybridized carbons (Fsp3) is 0.692. The molecule has 2 aliphatic carbocycles. The number of nitrogen functional groups attached to an aromatic ring is 1. The third kappa shape index (κ3) is 2.26. The third-order valence-corrected chi connectivity index (χ3v) is 4.07. The van der Waals surface area contributed by atoms with Crippen molar-refractivity contribution in [2.45, 2.75) is 44.2 Å². The van der Waals surface area contributed by atoms with Gasteiger partial charge in [-0.1, -0.05) is 0 Å². The van der Waals surface area contributed by atoms with Crippen LogP contribution in [0.5, 0.6) is 0 Å². The molecule has 2 aliphatic rings. The first kappa shape index (κ1) is 12.3. The van der Waals surface area contributed by atoms with Crippen molar-refractivity contribution >= 4 is 11.6 Å². The molecular weight excluding hydrogens is 242 g/mol. The number of hydrogen-bond acceptors (Lipinski definition) is 5. The number of nitriles is 1. The summed E-state index contributed by atoms with van der Waals surface area (Å²) in [6.07, 6.45) is 4.68. The smallest absolute Gasteiger partial charge is 0.168 e. The van der Waals surface area contributed by atoms with Gasteiger partial charge in [0.2, 0.25) is 0 Å². The fourth-order valence-corrected chi connectivity index (χ4v) is 2.70. The highest BCUT2D eigenvalue weighted by atomic mass is 16.3. The van der Waals surface area contributed by atoms with Crippen molar-refractivity contribution < 1.29 is 5.11 Å². The number of hydrogen-bond donors (Lipinski definition) is 3. The highest BCUT2D eigenvalue weighted by Gasteiger charge is 2.31. The Balaban J connectivity index is 1.85. The van der Waals surface area contributed by atoms with Gasteiger partial charge in [0.15, 0.2) is 5.82 Å². The van der Waals surface area contributed by atoms with Crippen LogP contribution in [0.1, 0.15) is 43.7 Å². The predicted molar refractivity (Wildman–Crippen MR) is 71.5 cm³/mol. The van der Waals surface area contributed by atoms with Gasteiger partial charge in [-0.2, -0.15) is 10.4 Å². The summed E-state index contributed by atoms with van der Waals surface area (Å²) in [5.41, 5.74) is 6.41. The number of aliphatic hydroxyl groups is 1. The van der Waals surface area contributed by atoms with E-state index in [9.17, 15) is 10.4 Å². The van der Waals surface area contributed by atoms with Crippen LogP contribution in [0.25, 0.3) is 0 Å². The monoisotopic (exact) mass is 261 g/mol. The van der Waals surface area contributed by atoms with Crippen LogP contribution in [0.3, 0.4) is 0 Å². The Labute approximate surface area is 112 Å². The van der Waals surface area contributed by atoms with E-state index in [1.54, 1.807) is 4.68 Å². The Morgan fingerprint density at radius 1 is 1.42 bits per heavy atom. The first-order valence-corrected chi connectivity index (χ1v) is 6.90. The van der Waals surface area contributed by atoms with Crippen molar-refractivity contribution in [2.75, 3.05) is 17.6 Å². The van der Waals surface area contributed by atoms with Gasteiger partial charge in [-0.15, -0.1) is 0 Å². The van der Waals surface area contributed by atoms with Gasteiger partial charge in [0.05, 0.1) is 12.1 Å². The van der Waals surface area contributed by atoms with Crippen LogP contribution in [0.2, 0.25) is 0 Å². The zero-order valence-electron chi connectivity index (χ0n) is 10.8. The third-order valence-electron chi connectivity index (χ3n) is 4.07. The summed E-state index contributed by atoms with van der Waals surface area (Å²) in [5.74, 6) is 1.63. The zero-order chi connectivity index (χ0) is 13.4. The van der Waals surface area contributed by atoms with Crippen molar-refractivity contribution in [3.8, 4) is 6.07 Å². The summed E-state index contributed by atoms with van der Waals surface area (Å²) in [7, 11) is 0. The topological polar surface area (TPSA) is 99.9 Å². The zero-order valence-corrected chi connectivity index (χ0v) is 10.8. The van der Waals surface area contributed by atoms with E-state index in [0.29, 0.717) is 23.1 Å². The van der Waals surface area contributed by atoms with Crippen LogP contribution in [-0.4, -0.2) is 27.5 Å². The molecule has 0 radical (unpaired) electrons. The normalized spacial score (nSPS) is 26.3. The highest BCUT2D eigenvalue weighted by Crippen LogP contribution is 2.35. The SMILES string of the molecule is N#Cc1c(NCC2CC2)nn(C2CCCC2O)c1N. The van der Waals surface area contributed by atoms with Gasteiger partial charge in [0.1, 0.15) is 17.5 Å². The molecule has 1 heterocycles. The van der Waals surface area contributed by atoms with Crippen molar-refractivity contribution in [3.05, 3.63) is 5.56 Å². The number of rotatable bonds is 4. The van der Waals surface area contributed by atoms with E-state index in [-0.39, 0.29) is 6.04 Å². The van der Waals surface area contributed by atoms with E-state index >= 15 is 0 Å². The van der Waals surface area contributed by atoms with Crippen LogP contribution in [0, 0.1) is 17.2 Å². The van der Waals surface area contributed by atoms with Gasteiger partial charge >= 0.3 is 0 Å². The molecule has 0 aromatic carbocycles. The molecule has 0 amide bonds. The molecule has 6 heteroatoms. The van der Waals surface area contributed by atoms with E-state index in [2.05, 4.69) is 16.5 Å². The average Bonchev–Trinajstić information content (AvgIpc) is 3.06. The van der Waals surface area contributed by atoms with Crippen molar-refractivity contribution in [2.24, 2.45) is 5.92 Å². The largest absolute Gasteiger partial charge is 0.391 e. The quantitative estimate of drug-likeness (QED) is 0.757. The van der Waals surface area contributed by atoms with Crippen LogP contribution in [0.15, 0.2) is 0 Å². The lowest BCUT2D eigenvalue weighted by atomic mass is 10.2. The first-order chi connectivity index (χ1) is 9.20. The lowest BCUT2D eigenvalue weighted by Crippen LogP contribution is -2.21. The molecule has 0 saturated heterocycles. The molecule has 3 rings (SSSR count). The Hall–Kier alpha value is -1.74. The van der Waals surface area contributed by atoms with E-state index in [1.807, 2.05) is 0 Å². The number of aliphatic hydroxyl groups excluding tert-OH is 1. The van der Waals surface area contributed by atoms with Gasteiger partial charge in [-0.25, -0.2) is 4.68 Å². The molecule has 1 aromatic heterocycles. The number of nitrogens with two attached hydrogens (primary N) is 1. The highest BCUT2D eigenvalue weighted by molar-refractivity contribution is 5.64. The molecule has 2 fully saturated rings. The standard InChI is InChI=1S/C13H19N5O/c14-6-9-12(15)18(10-2-1-3-11(10)19)17-13(9)16-7-8-4-5-8/h8,10-11,19H,1-5,7,15H2,(H,16,17). The number of nitrogens with zero attached hydrogens (tertiary/aromatic N) is 3. The molecule has 19 heavy (non-hydrogen) atoms. The molecule has 6 nitrogen and oxygen atoms in total. The van der Waals surface area contributed by atoms with Crippen LogP contribution in [0.4, 0.5) is 11.6 Å². The van der Waals surface area contributed by atoms with Crippen LogP contribution in [-0.2, 0) is 0 Å². The molecule has 102 valence electrons. The summed E-state index contributed by atoms with van der Waals surface area (Å²) in [6.45, 7) is 0.846. The lowest BCUT2D eigenvalue weighted by molar-refractivity contribution is 0.131.